The molecule has 3 heteroatoms. The number of ether oxygens (including phenoxy) is 1. The van der Waals surface area contributed by atoms with Crippen molar-refractivity contribution in [2.24, 2.45) is 0 Å². The molecule has 1 aromatic heterocycles. The monoisotopic (exact) mass is 285 g/mol. The van der Waals surface area contributed by atoms with Crippen molar-refractivity contribution in [3.63, 3.8) is 0 Å². The standard InChI is InChI=1S/C18H23NO2/c1-17(2,20)8-7-12-5-6-15-14(9-12)13(11-19-15)10-16-18(3,4)21-16/h5-9,11,16,19-20H,10H2,1-4H3/b8-7+/t16-/m1/s1. The lowest BCUT2D eigenvalue weighted by atomic mass is 10.0. The molecular formula is C18H23NO2. The summed E-state index contributed by atoms with van der Waals surface area (Å²) in [5, 5.41) is 11.0. The third-order valence-electron chi connectivity index (χ3n) is 4.04. The Labute approximate surface area is 125 Å². The summed E-state index contributed by atoms with van der Waals surface area (Å²) in [4.78, 5) is 3.32. The van der Waals surface area contributed by atoms with Crippen LogP contribution in [0, 0.1) is 0 Å². The van der Waals surface area contributed by atoms with E-state index in [0.717, 1.165) is 17.5 Å². The zero-order valence-electron chi connectivity index (χ0n) is 13.1. The van der Waals surface area contributed by atoms with Crippen molar-refractivity contribution >= 4 is 17.0 Å². The van der Waals surface area contributed by atoms with E-state index in [4.69, 9.17) is 4.74 Å². The average molecular weight is 285 g/mol. The van der Waals surface area contributed by atoms with Gasteiger partial charge in [-0.05, 0) is 51.0 Å². The maximum atomic E-state index is 9.78. The van der Waals surface area contributed by atoms with Gasteiger partial charge in [-0.2, -0.15) is 0 Å². The number of aromatic amines is 1. The molecule has 21 heavy (non-hydrogen) atoms. The van der Waals surface area contributed by atoms with Gasteiger partial charge in [-0.25, -0.2) is 0 Å². The first kappa shape index (κ1) is 14.4. The Hall–Kier alpha value is -1.58. The summed E-state index contributed by atoms with van der Waals surface area (Å²) in [5.41, 5.74) is 2.76. The van der Waals surface area contributed by atoms with Gasteiger partial charge >= 0.3 is 0 Å². The summed E-state index contributed by atoms with van der Waals surface area (Å²) >= 11 is 0. The van der Waals surface area contributed by atoms with Gasteiger partial charge in [0.15, 0.2) is 0 Å². The second-order valence-corrected chi connectivity index (χ2v) is 7.02. The normalized spacial score (nSPS) is 21.3. The summed E-state index contributed by atoms with van der Waals surface area (Å²) in [6.45, 7) is 7.81. The van der Waals surface area contributed by atoms with Gasteiger partial charge in [-0.3, -0.25) is 0 Å². The molecule has 1 aliphatic rings. The van der Waals surface area contributed by atoms with Gasteiger partial charge in [0.2, 0.25) is 0 Å². The second kappa shape index (κ2) is 4.72. The Bertz CT molecular complexity index is 689. The molecule has 2 aromatic rings. The molecule has 1 saturated heterocycles. The van der Waals surface area contributed by atoms with Gasteiger partial charge in [0.05, 0.1) is 17.3 Å². The van der Waals surface area contributed by atoms with E-state index in [9.17, 15) is 5.11 Å². The molecule has 2 heterocycles. The van der Waals surface area contributed by atoms with E-state index in [2.05, 4.69) is 43.2 Å². The van der Waals surface area contributed by atoms with Crippen LogP contribution >= 0.6 is 0 Å². The van der Waals surface area contributed by atoms with Crippen LogP contribution in [0.25, 0.3) is 17.0 Å². The number of benzene rings is 1. The van der Waals surface area contributed by atoms with Crippen LogP contribution in [0.5, 0.6) is 0 Å². The lowest BCUT2D eigenvalue weighted by Crippen LogP contribution is -2.13. The Morgan fingerprint density at radius 3 is 2.71 bits per heavy atom. The summed E-state index contributed by atoms with van der Waals surface area (Å²) in [7, 11) is 0. The highest BCUT2D eigenvalue weighted by Crippen LogP contribution is 2.38. The van der Waals surface area contributed by atoms with E-state index in [1.807, 2.05) is 12.2 Å². The van der Waals surface area contributed by atoms with Crippen LogP contribution in [0.2, 0.25) is 0 Å². The van der Waals surface area contributed by atoms with Gasteiger partial charge < -0.3 is 14.8 Å². The number of hydrogen-bond acceptors (Lipinski definition) is 2. The Kier molecular flexibility index (Phi) is 3.23. The lowest BCUT2D eigenvalue weighted by Gasteiger charge is -2.10. The highest BCUT2D eigenvalue weighted by Gasteiger charge is 2.47. The van der Waals surface area contributed by atoms with E-state index in [-0.39, 0.29) is 5.60 Å². The fourth-order valence-corrected chi connectivity index (χ4v) is 2.59. The Morgan fingerprint density at radius 1 is 1.38 bits per heavy atom. The number of nitrogens with one attached hydrogen (secondary N) is 1. The number of rotatable bonds is 4. The van der Waals surface area contributed by atoms with Crippen LogP contribution in [0.4, 0.5) is 0 Å². The number of hydrogen-bond donors (Lipinski definition) is 2. The predicted molar refractivity (Wildman–Crippen MR) is 86.3 cm³/mol. The number of H-pyrrole nitrogens is 1. The molecule has 1 aliphatic heterocycles. The highest BCUT2D eigenvalue weighted by atomic mass is 16.6. The number of aromatic nitrogens is 1. The van der Waals surface area contributed by atoms with Gasteiger partial charge in [-0.15, -0.1) is 0 Å². The minimum Gasteiger partial charge on any atom is -0.386 e. The molecule has 1 atom stereocenters. The largest absolute Gasteiger partial charge is 0.386 e. The SMILES string of the molecule is CC(C)(O)/C=C/c1ccc2[nH]cc(C[C@H]3OC3(C)C)c2c1. The van der Waals surface area contributed by atoms with Gasteiger partial charge in [0.25, 0.3) is 0 Å². The third kappa shape index (κ3) is 3.20. The molecule has 0 radical (unpaired) electrons. The van der Waals surface area contributed by atoms with Crippen molar-refractivity contribution < 1.29 is 9.84 Å². The van der Waals surface area contributed by atoms with Gasteiger partial charge in [-0.1, -0.05) is 18.2 Å². The molecule has 1 fully saturated rings. The van der Waals surface area contributed by atoms with E-state index in [1.54, 1.807) is 13.8 Å². The lowest BCUT2D eigenvalue weighted by molar-refractivity contribution is 0.134. The predicted octanol–water partition coefficient (Wildman–Crippen LogP) is 3.67. The molecule has 0 bridgehead atoms. The molecular weight excluding hydrogens is 262 g/mol. The first-order chi connectivity index (χ1) is 9.74. The van der Waals surface area contributed by atoms with Crippen molar-refractivity contribution in [3.8, 4) is 0 Å². The van der Waals surface area contributed by atoms with E-state index >= 15 is 0 Å². The van der Waals surface area contributed by atoms with Crippen LogP contribution in [0.3, 0.4) is 0 Å². The number of fused-ring (bicyclic) bond motifs is 1. The van der Waals surface area contributed by atoms with Crippen LogP contribution in [-0.4, -0.2) is 27.4 Å². The van der Waals surface area contributed by atoms with E-state index < -0.39 is 5.60 Å². The average Bonchev–Trinajstić information content (AvgIpc) is 2.81. The molecule has 0 aliphatic carbocycles. The zero-order valence-corrected chi connectivity index (χ0v) is 13.1. The van der Waals surface area contributed by atoms with Gasteiger partial charge in [0, 0.05) is 23.5 Å². The first-order valence-corrected chi connectivity index (χ1v) is 7.44. The number of epoxide rings is 1. The second-order valence-electron chi connectivity index (χ2n) is 7.02. The van der Waals surface area contributed by atoms with Gasteiger partial charge in [0.1, 0.15) is 0 Å². The summed E-state index contributed by atoms with van der Waals surface area (Å²) < 4.78 is 5.69. The fraction of sp³-hybridized carbons (Fsp3) is 0.444. The Morgan fingerprint density at radius 2 is 2.10 bits per heavy atom. The molecule has 112 valence electrons. The van der Waals surface area contributed by atoms with Crippen molar-refractivity contribution in [1.82, 2.24) is 4.98 Å². The zero-order chi connectivity index (χ0) is 15.3. The molecule has 0 saturated carbocycles. The van der Waals surface area contributed by atoms with Crippen molar-refractivity contribution in [1.29, 1.82) is 0 Å². The van der Waals surface area contributed by atoms with Crippen LogP contribution in [-0.2, 0) is 11.2 Å². The Balaban J connectivity index is 1.87. The van der Waals surface area contributed by atoms with Crippen molar-refractivity contribution in [3.05, 3.63) is 41.6 Å². The number of aliphatic hydroxyl groups is 1. The maximum absolute atomic E-state index is 9.78. The topological polar surface area (TPSA) is 48.5 Å². The van der Waals surface area contributed by atoms with Crippen molar-refractivity contribution in [2.75, 3.05) is 0 Å². The van der Waals surface area contributed by atoms with E-state index in [1.165, 1.54) is 10.9 Å². The van der Waals surface area contributed by atoms with E-state index in [0.29, 0.717) is 6.10 Å². The summed E-state index contributed by atoms with van der Waals surface area (Å²) in [5.74, 6) is 0. The van der Waals surface area contributed by atoms with Crippen molar-refractivity contribution in [2.45, 2.75) is 51.4 Å². The highest BCUT2D eigenvalue weighted by molar-refractivity contribution is 5.85. The smallest absolute Gasteiger partial charge is 0.0908 e. The molecule has 3 nitrogen and oxygen atoms in total. The molecule has 0 amide bonds. The summed E-state index contributed by atoms with van der Waals surface area (Å²) in [6, 6.07) is 6.31. The summed E-state index contributed by atoms with van der Waals surface area (Å²) in [6.07, 6.45) is 7.10. The van der Waals surface area contributed by atoms with Crippen LogP contribution in [0.15, 0.2) is 30.5 Å². The molecule has 2 N–H and O–H groups in total. The third-order valence-corrected chi connectivity index (χ3v) is 4.04. The molecule has 3 rings (SSSR count). The fourth-order valence-electron chi connectivity index (χ4n) is 2.59. The minimum atomic E-state index is -0.790. The first-order valence-electron chi connectivity index (χ1n) is 7.44. The maximum Gasteiger partial charge on any atom is 0.0908 e. The van der Waals surface area contributed by atoms with Crippen LogP contribution in [0.1, 0.15) is 38.8 Å². The molecule has 0 unspecified atom stereocenters. The minimum absolute atomic E-state index is 0.0159. The van der Waals surface area contributed by atoms with Crippen LogP contribution < -0.4 is 0 Å². The molecule has 1 aromatic carbocycles. The quantitative estimate of drug-likeness (QED) is 0.842. The molecule has 0 spiro atoms.